The Hall–Kier alpha value is -0.0800. The predicted molar refractivity (Wildman–Crippen MR) is 103 cm³/mol. The van der Waals surface area contributed by atoms with Crippen molar-refractivity contribution in [3.63, 3.8) is 0 Å². The van der Waals surface area contributed by atoms with Crippen molar-refractivity contribution in [2.24, 2.45) is 22.2 Å². The molecule has 0 aromatic heterocycles. The summed E-state index contributed by atoms with van der Waals surface area (Å²) in [6.07, 6.45) is 3.99. The molecule has 0 bridgehead atoms. The summed E-state index contributed by atoms with van der Waals surface area (Å²) in [6, 6.07) is 0.454. The van der Waals surface area contributed by atoms with E-state index in [2.05, 4.69) is 31.4 Å². The maximum Gasteiger partial charge on any atom is 0.191 e. The summed E-state index contributed by atoms with van der Waals surface area (Å²) < 4.78 is 11.4. The van der Waals surface area contributed by atoms with Gasteiger partial charge in [-0.05, 0) is 26.2 Å². The van der Waals surface area contributed by atoms with E-state index in [1.165, 1.54) is 12.8 Å². The molecule has 4 unspecified atom stereocenters. The van der Waals surface area contributed by atoms with Crippen LogP contribution in [0, 0.1) is 17.3 Å². The maximum atomic E-state index is 5.99. The average Bonchev–Trinajstić information content (AvgIpc) is 3.03. The Morgan fingerprint density at radius 2 is 2.09 bits per heavy atom. The van der Waals surface area contributed by atoms with Gasteiger partial charge in [0.2, 0.25) is 0 Å². The monoisotopic (exact) mass is 437 g/mol. The highest BCUT2D eigenvalue weighted by molar-refractivity contribution is 14.0. The van der Waals surface area contributed by atoms with Crippen molar-refractivity contribution >= 4 is 29.9 Å². The van der Waals surface area contributed by atoms with Crippen LogP contribution in [-0.2, 0) is 9.47 Å². The molecule has 4 atom stereocenters. The summed E-state index contributed by atoms with van der Waals surface area (Å²) in [6.45, 7) is 11.2. The maximum absolute atomic E-state index is 5.99. The SMILES string of the molecule is CCNC(=NCC1CCOC1)NC1C2CCCOC2C1(C)C.I. The summed E-state index contributed by atoms with van der Waals surface area (Å²) in [7, 11) is 0. The average molecular weight is 437 g/mol. The summed E-state index contributed by atoms with van der Waals surface area (Å²) in [5, 5.41) is 7.08. The smallest absolute Gasteiger partial charge is 0.191 e. The van der Waals surface area contributed by atoms with Gasteiger partial charge in [-0.15, -0.1) is 24.0 Å². The van der Waals surface area contributed by atoms with Gasteiger partial charge in [-0.2, -0.15) is 0 Å². The first-order valence-corrected chi connectivity index (χ1v) is 8.87. The van der Waals surface area contributed by atoms with E-state index >= 15 is 0 Å². The lowest BCUT2D eigenvalue weighted by molar-refractivity contribution is -0.188. The fourth-order valence-electron chi connectivity index (χ4n) is 4.23. The molecule has 2 saturated heterocycles. The molecular weight excluding hydrogens is 405 g/mol. The van der Waals surface area contributed by atoms with Crippen LogP contribution in [0.4, 0.5) is 0 Å². The molecule has 0 spiro atoms. The number of rotatable bonds is 4. The molecule has 0 radical (unpaired) electrons. The predicted octanol–water partition coefficient (Wildman–Crippen LogP) is 2.40. The Balaban J connectivity index is 0.00000192. The van der Waals surface area contributed by atoms with Gasteiger partial charge in [0.1, 0.15) is 0 Å². The van der Waals surface area contributed by atoms with Crippen LogP contribution in [0.15, 0.2) is 4.99 Å². The minimum absolute atomic E-state index is 0. The third-order valence-electron chi connectivity index (χ3n) is 5.50. The van der Waals surface area contributed by atoms with E-state index in [0.717, 1.165) is 45.3 Å². The van der Waals surface area contributed by atoms with Gasteiger partial charge in [-0.1, -0.05) is 13.8 Å². The molecule has 1 saturated carbocycles. The first-order chi connectivity index (χ1) is 10.6. The highest BCUT2D eigenvalue weighted by Gasteiger charge is 2.58. The van der Waals surface area contributed by atoms with Crippen LogP contribution in [0.3, 0.4) is 0 Å². The quantitative estimate of drug-likeness (QED) is 0.403. The minimum Gasteiger partial charge on any atom is -0.381 e. The molecule has 0 aromatic carbocycles. The molecule has 2 aliphatic heterocycles. The zero-order valence-electron chi connectivity index (χ0n) is 14.6. The van der Waals surface area contributed by atoms with Gasteiger partial charge in [0.25, 0.3) is 0 Å². The van der Waals surface area contributed by atoms with E-state index in [4.69, 9.17) is 14.5 Å². The van der Waals surface area contributed by atoms with Gasteiger partial charge < -0.3 is 20.1 Å². The van der Waals surface area contributed by atoms with Gasteiger partial charge >= 0.3 is 0 Å². The molecular formula is C17H32IN3O2. The largest absolute Gasteiger partial charge is 0.381 e. The molecule has 3 rings (SSSR count). The summed E-state index contributed by atoms with van der Waals surface area (Å²) in [4.78, 5) is 4.79. The molecule has 2 N–H and O–H groups in total. The van der Waals surface area contributed by atoms with Crippen LogP contribution in [-0.4, -0.2) is 51.0 Å². The topological polar surface area (TPSA) is 54.9 Å². The van der Waals surface area contributed by atoms with E-state index in [9.17, 15) is 0 Å². The van der Waals surface area contributed by atoms with Crippen molar-refractivity contribution in [2.75, 3.05) is 32.9 Å². The van der Waals surface area contributed by atoms with E-state index in [1.807, 2.05) is 0 Å². The number of ether oxygens (including phenoxy) is 2. The number of guanidine groups is 1. The van der Waals surface area contributed by atoms with Gasteiger partial charge in [0.15, 0.2) is 5.96 Å². The lowest BCUT2D eigenvalue weighted by Crippen LogP contribution is -2.71. The number of halogens is 1. The van der Waals surface area contributed by atoms with E-state index < -0.39 is 0 Å². The number of nitrogens with one attached hydrogen (secondary N) is 2. The molecule has 23 heavy (non-hydrogen) atoms. The molecule has 134 valence electrons. The van der Waals surface area contributed by atoms with Crippen molar-refractivity contribution < 1.29 is 9.47 Å². The number of hydrogen-bond donors (Lipinski definition) is 2. The van der Waals surface area contributed by atoms with E-state index in [-0.39, 0.29) is 29.4 Å². The Labute approximate surface area is 157 Å². The van der Waals surface area contributed by atoms with Gasteiger partial charge in [-0.3, -0.25) is 4.99 Å². The van der Waals surface area contributed by atoms with Crippen molar-refractivity contribution in [1.29, 1.82) is 0 Å². The summed E-state index contributed by atoms with van der Waals surface area (Å²) >= 11 is 0. The standard InChI is InChI=1S/C17H31N3O2.HI/c1-4-18-16(19-10-12-7-9-21-11-12)20-14-13-6-5-8-22-15(13)17(14,2)3;/h12-15H,4-11H2,1-3H3,(H2,18,19,20);1H. The van der Waals surface area contributed by atoms with Crippen molar-refractivity contribution in [1.82, 2.24) is 10.6 Å². The first-order valence-electron chi connectivity index (χ1n) is 8.87. The zero-order valence-corrected chi connectivity index (χ0v) is 17.0. The number of fused-ring (bicyclic) bond motifs is 1. The first kappa shape index (κ1) is 19.2. The Kier molecular flexibility index (Phi) is 6.98. The Morgan fingerprint density at radius 3 is 2.78 bits per heavy atom. The number of aliphatic imine (C=N–C) groups is 1. The fraction of sp³-hybridized carbons (Fsp3) is 0.941. The minimum atomic E-state index is 0. The highest BCUT2D eigenvalue weighted by Crippen LogP contribution is 2.51. The normalized spacial score (nSPS) is 35.7. The molecule has 0 amide bonds. The van der Waals surface area contributed by atoms with Crippen LogP contribution in [0.5, 0.6) is 0 Å². The third kappa shape index (κ3) is 4.12. The van der Waals surface area contributed by atoms with Crippen LogP contribution in [0.1, 0.15) is 40.0 Å². The molecule has 0 aromatic rings. The fourth-order valence-corrected chi connectivity index (χ4v) is 4.23. The van der Waals surface area contributed by atoms with Crippen LogP contribution in [0.25, 0.3) is 0 Å². The second kappa shape index (κ2) is 8.34. The second-order valence-corrected chi connectivity index (χ2v) is 7.49. The van der Waals surface area contributed by atoms with E-state index in [1.54, 1.807) is 0 Å². The molecule has 2 heterocycles. The highest BCUT2D eigenvalue weighted by atomic mass is 127. The van der Waals surface area contributed by atoms with E-state index in [0.29, 0.717) is 24.0 Å². The van der Waals surface area contributed by atoms with Gasteiger partial charge in [0, 0.05) is 49.6 Å². The van der Waals surface area contributed by atoms with Gasteiger partial charge in [0.05, 0.1) is 12.7 Å². The Morgan fingerprint density at radius 1 is 1.26 bits per heavy atom. The van der Waals surface area contributed by atoms with Crippen molar-refractivity contribution in [3.8, 4) is 0 Å². The third-order valence-corrected chi connectivity index (χ3v) is 5.50. The number of hydrogen-bond acceptors (Lipinski definition) is 3. The molecule has 3 aliphatic rings. The van der Waals surface area contributed by atoms with Crippen molar-refractivity contribution in [2.45, 2.75) is 52.2 Å². The Bertz CT molecular complexity index is 411. The van der Waals surface area contributed by atoms with Crippen molar-refractivity contribution in [3.05, 3.63) is 0 Å². The molecule has 3 fully saturated rings. The van der Waals surface area contributed by atoms with Crippen LogP contribution < -0.4 is 10.6 Å². The second-order valence-electron chi connectivity index (χ2n) is 7.49. The number of nitrogens with zero attached hydrogens (tertiary/aromatic N) is 1. The van der Waals surface area contributed by atoms with Gasteiger partial charge in [-0.25, -0.2) is 0 Å². The zero-order chi connectivity index (χ0) is 15.6. The lowest BCUT2D eigenvalue weighted by atomic mass is 9.55. The molecule has 5 nitrogen and oxygen atoms in total. The summed E-state index contributed by atoms with van der Waals surface area (Å²) in [5.74, 6) is 2.16. The molecule has 6 heteroatoms. The lowest BCUT2D eigenvalue weighted by Gasteiger charge is -2.60. The van der Waals surface area contributed by atoms with Crippen LogP contribution in [0.2, 0.25) is 0 Å². The van der Waals surface area contributed by atoms with Crippen LogP contribution >= 0.6 is 24.0 Å². The molecule has 1 aliphatic carbocycles. The summed E-state index contributed by atoms with van der Waals surface area (Å²) in [5.41, 5.74) is 0.178.